The van der Waals surface area contributed by atoms with Crippen LogP contribution in [0, 0.1) is 5.82 Å². The highest BCUT2D eigenvalue weighted by Gasteiger charge is 2.34. The van der Waals surface area contributed by atoms with E-state index in [1.54, 1.807) is 0 Å². The number of hydrogen-bond acceptors (Lipinski definition) is 4. The molecule has 0 unspecified atom stereocenters. The van der Waals surface area contributed by atoms with Gasteiger partial charge >= 0.3 is 0 Å². The maximum atomic E-state index is 13.2. The van der Waals surface area contributed by atoms with Gasteiger partial charge in [-0.15, -0.1) is 0 Å². The second kappa shape index (κ2) is 7.28. The van der Waals surface area contributed by atoms with Crippen LogP contribution in [-0.2, 0) is 11.2 Å². The smallest absolute Gasteiger partial charge is 0.123 e. The van der Waals surface area contributed by atoms with Crippen molar-refractivity contribution in [1.82, 2.24) is 10.2 Å². The Labute approximate surface area is 148 Å². The zero-order valence-electron chi connectivity index (χ0n) is 14.4. The van der Waals surface area contributed by atoms with Crippen molar-refractivity contribution in [2.75, 3.05) is 32.8 Å². The molecule has 3 aliphatic rings. The van der Waals surface area contributed by atoms with E-state index < -0.39 is 6.10 Å². The minimum absolute atomic E-state index is 0.127. The lowest BCUT2D eigenvalue weighted by molar-refractivity contribution is -0.0556. The Morgan fingerprint density at radius 3 is 2.92 bits per heavy atom. The van der Waals surface area contributed by atoms with Crippen molar-refractivity contribution in [3.8, 4) is 0 Å². The van der Waals surface area contributed by atoms with Crippen LogP contribution < -0.4 is 5.32 Å². The van der Waals surface area contributed by atoms with Crippen LogP contribution >= 0.6 is 0 Å². The Morgan fingerprint density at radius 2 is 2.12 bits per heavy atom. The predicted molar refractivity (Wildman–Crippen MR) is 94.6 cm³/mol. The molecule has 4 rings (SSSR count). The summed E-state index contributed by atoms with van der Waals surface area (Å²) in [6.07, 6.45) is 4.55. The lowest BCUT2D eigenvalue weighted by Crippen LogP contribution is -2.52. The van der Waals surface area contributed by atoms with Gasteiger partial charge < -0.3 is 20.1 Å². The summed E-state index contributed by atoms with van der Waals surface area (Å²) in [5.41, 5.74) is 5.20. The van der Waals surface area contributed by atoms with Crippen molar-refractivity contribution in [1.29, 1.82) is 0 Å². The number of allylic oxidation sites excluding steroid dienone is 1. The molecule has 3 heterocycles. The predicted octanol–water partition coefficient (Wildman–Crippen LogP) is 2.01. The first-order chi connectivity index (χ1) is 12.2. The lowest BCUT2D eigenvalue weighted by Gasteiger charge is -2.44. The number of hydrogen-bond donors (Lipinski definition) is 2. The van der Waals surface area contributed by atoms with Gasteiger partial charge in [-0.05, 0) is 54.6 Å². The van der Waals surface area contributed by atoms with E-state index in [1.807, 2.05) is 12.1 Å². The van der Waals surface area contributed by atoms with Gasteiger partial charge in [-0.3, -0.25) is 0 Å². The molecular formula is C20H25FN2O2. The Hall–Kier alpha value is -1.69. The fourth-order valence-corrected chi connectivity index (χ4v) is 4.15. The molecular weight excluding hydrogens is 319 g/mol. The van der Waals surface area contributed by atoms with E-state index in [9.17, 15) is 9.50 Å². The van der Waals surface area contributed by atoms with Crippen LogP contribution in [0.4, 0.5) is 4.39 Å². The van der Waals surface area contributed by atoms with Gasteiger partial charge in [0.2, 0.25) is 0 Å². The Bertz CT molecular complexity index is 683. The van der Waals surface area contributed by atoms with Crippen LogP contribution in [0.1, 0.15) is 18.4 Å². The third kappa shape index (κ3) is 3.50. The second-order valence-electron chi connectivity index (χ2n) is 7.04. The highest BCUT2D eigenvalue weighted by atomic mass is 19.1. The van der Waals surface area contributed by atoms with E-state index in [1.165, 1.54) is 29.0 Å². The molecule has 0 saturated carbocycles. The van der Waals surface area contributed by atoms with Gasteiger partial charge in [-0.2, -0.15) is 0 Å². The van der Waals surface area contributed by atoms with Gasteiger partial charge in [-0.1, -0.05) is 18.2 Å². The molecule has 1 fully saturated rings. The molecule has 1 aromatic rings. The summed E-state index contributed by atoms with van der Waals surface area (Å²) >= 11 is 0. The number of rotatable bonds is 3. The van der Waals surface area contributed by atoms with Crippen LogP contribution in [0.2, 0.25) is 0 Å². The van der Waals surface area contributed by atoms with E-state index in [0.29, 0.717) is 13.2 Å². The number of nitrogens with one attached hydrogen (secondary N) is 1. The SMILES string of the molecule is O[C@@H]1COCC[C@@H]1N1CC=C(Cc2ccc(F)cc2)C2=C1CNCC2. The summed E-state index contributed by atoms with van der Waals surface area (Å²) in [5, 5.41) is 13.8. The molecule has 1 saturated heterocycles. The van der Waals surface area contributed by atoms with E-state index in [0.717, 1.165) is 44.5 Å². The monoisotopic (exact) mass is 344 g/mol. The third-order valence-electron chi connectivity index (χ3n) is 5.46. The largest absolute Gasteiger partial charge is 0.389 e. The normalized spacial score (nSPS) is 27.1. The summed E-state index contributed by atoms with van der Waals surface area (Å²) in [5.74, 6) is -0.192. The maximum absolute atomic E-state index is 13.2. The molecule has 25 heavy (non-hydrogen) atoms. The average Bonchev–Trinajstić information content (AvgIpc) is 2.65. The van der Waals surface area contributed by atoms with Gasteiger partial charge in [0.15, 0.2) is 0 Å². The quantitative estimate of drug-likeness (QED) is 0.880. The van der Waals surface area contributed by atoms with Gasteiger partial charge in [0.1, 0.15) is 5.82 Å². The molecule has 0 aromatic heterocycles. The van der Waals surface area contributed by atoms with Crippen LogP contribution in [0.25, 0.3) is 0 Å². The van der Waals surface area contributed by atoms with Crippen molar-refractivity contribution < 1.29 is 14.2 Å². The standard InChI is InChI=1S/C20H25FN2O2/c21-16-3-1-14(2-4-16)11-15-6-9-23(18-7-10-25-13-20(18)24)19-12-22-8-5-17(15)19/h1-4,6,18,20,22,24H,5,7-13H2/t18-,20+/m0/s1. The number of nitrogens with zero attached hydrogens (tertiary/aromatic N) is 1. The molecule has 0 bridgehead atoms. The molecule has 1 aromatic carbocycles. The third-order valence-corrected chi connectivity index (χ3v) is 5.46. The van der Waals surface area contributed by atoms with Crippen molar-refractivity contribution in [2.24, 2.45) is 0 Å². The number of halogens is 1. The first kappa shape index (κ1) is 16.8. The van der Waals surface area contributed by atoms with Crippen LogP contribution in [0.15, 0.2) is 47.2 Å². The molecule has 3 aliphatic heterocycles. The van der Waals surface area contributed by atoms with E-state index >= 15 is 0 Å². The van der Waals surface area contributed by atoms with Crippen molar-refractivity contribution in [3.63, 3.8) is 0 Å². The summed E-state index contributed by atoms with van der Waals surface area (Å²) < 4.78 is 18.5. The summed E-state index contributed by atoms with van der Waals surface area (Å²) in [4.78, 5) is 2.36. The van der Waals surface area contributed by atoms with Crippen molar-refractivity contribution in [3.05, 3.63) is 58.6 Å². The summed E-state index contributed by atoms with van der Waals surface area (Å²) in [7, 11) is 0. The number of benzene rings is 1. The lowest BCUT2D eigenvalue weighted by atomic mass is 9.88. The highest BCUT2D eigenvalue weighted by molar-refractivity contribution is 5.43. The van der Waals surface area contributed by atoms with Crippen LogP contribution in [0.5, 0.6) is 0 Å². The molecule has 5 heteroatoms. The molecule has 2 N–H and O–H groups in total. The number of aliphatic hydroxyl groups excluding tert-OH is 1. The van der Waals surface area contributed by atoms with Crippen molar-refractivity contribution in [2.45, 2.75) is 31.4 Å². The molecule has 0 amide bonds. The molecule has 134 valence electrons. The van der Waals surface area contributed by atoms with Crippen LogP contribution in [-0.4, -0.2) is 55.0 Å². The number of aliphatic hydroxyl groups is 1. The van der Waals surface area contributed by atoms with Gasteiger partial charge in [0.05, 0.1) is 18.8 Å². The van der Waals surface area contributed by atoms with Crippen LogP contribution in [0.3, 0.4) is 0 Å². The minimum atomic E-state index is -0.434. The molecule has 0 aliphatic carbocycles. The highest BCUT2D eigenvalue weighted by Crippen LogP contribution is 2.33. The fraction of sp³-hybridized carbons (Fsp3) is 0.500. The second-order valence-corrected chi connectivity index (χ2v) is 7.04. The first-order valence-corrected chi connectivity index (χ1v) is 9.11. The van der Waals surface area contributed by atoms with Gasteiger partial charge in [0, 0.05) is 25.4 Å². The van der Waals surface area contributed by atoms with Crippen molar-refractivity contribution >= 4 is 0 Å². The topological polar surface area (TPSA) is 44.7 Å². The van der Waals surface area contributed by atoms with Gasteiger partial charge in [-0.25, -0.2) is 4.39 Å². The Kier molecular flexibility index (Phi) is 4.88. The molecule has 4 nitrogen and oxygen atoms in total. The number of ether oxygens (including phenoxy) is 1. The summed E-state index contributed by atoms with van der Waals surface area (Å²) in [6, 6.07) is 6.92. The molecule has 0 spiro atoms. The summed E-state index contributed by atoms with van der Waals surface area (Å²) in [6.45, 7) is 3.77. The zero-order valence-corrected chi connectivity index (χ0v) is 14.4. The maximum Gasteiger partial charge on any atom is 0.123 e. The fourth-order valence-electron chi connectivity index (χ4n) is 4.15. The molecule has 0 radical (unpaired) electrons. The van der Waals surface area contributed by atoms with Gasteiger partial charge in [0.25, 0.3) is 0 Å². The zero-order chi connectivity index (χ0) is 17.2. The molecule has 2 atom stereocenters. The van der Waals surface area contributed by atoms with E-state index in [2.05, 4.69) is 16.3 Å². The Balaban J connectivity index is 1.58. The minimum Gasteiger partial charge on any atom is -0.389 e. The first-order valence-electron chi connectivity index (χ1n) is 9.11. The van der Waals surface area contributed by atoms with E-state index in [4.69, 9.17) is 4.74 Å². The average molecular weight is 344 g/mol. The van der Waals surface area contributed by atoms with E-state index in [-0.39, 0.29) is 11.9 Å². The Morgan fingerprint density at radius 1 is 1.28 bits per heavy atom.